The summed E-state index contributed by atoms with van der Waals surface area (Å²) in [6.45, 7) is 8.59. The van der Waals surface area contributed by atoms with Gasteiger partial charge in [-0.2, -0.15) is 0 Å². The van der Waals surface area contributed by atoms with Crippen LogP contribution < -0.4 is 4.74 Å². The molecule has 0 saturated carbocycles. The van der Waals surface area contributed by atoms with Crippen molar-refractivity contribution in [3.05, 3.63) is 58.9 Å². The summed E-state index contributed by atoms with van der Waals surface area (Å²) < 4.78 is 11.2. The predicted octanol–water partition coefficient (Wildman–Crippen LogP) is 3.73. The van der Waals surface area contributed by atoms with Crippen LogP contribution in [-0.4, -0.2) is 17.1 Å². The maximum absolute atomic E-state index is 12.3. The highest BCUT2D eigenvalue weighted by molar-refractivity contribution is 5.77. The number of hydrogen-bond donors (Lipinski definition) is 0. The van der Waals surface area contributed by atoms with Crippen LogP contribution in [0.1, 0.15) is 43.0 Å². The van der Waals surface area contributed by atoms with Gasteiger partial charge in [0, 0.05) is 24.4 Å². The molecule has 3 rings (SSSR count). The largest absolute Gasteiger partial charge is 0.478 e. The smallest absolute Gasteiger partial charge is 0.348 e. The maximum Gasteiger partial charge on any atom is 0.348 e. The molecule has 0 radical (unpaired) electrons. The van der Waals surface area contributed by atoms with Crippen LogP contribution >= 0.6 is 0 Å². The quantitative estimate of drug-likeness (QED) is 0.807. The lowest BCUT2D eigenvalue weighted by Gasteiger charge is -2.19. The SMILES string of the molecule is Cc1cccc2c1OC(C(=O)OCc1cncc(C(C)(C)C)c1)C2. The fraction of sp³-hybridized carbons (Fsp3) is 0.400. The van der Waals surface area contributed by atoms with Crippen molar-refractivity contribution in [3.63, 3.8) is 0 Å². The molecule has 1 aliphatic heterocycles. The van der Waals surface area contributed by atoms with E-state index in [2.05, 4.69) is 25.8 Å². The maximum atomic E-state index is 12.3. The summed E-state index contributed by atoms with van der Waals surface area (Å²) in [6.07, 6.45) is 3.59. The Labute approximate surface area is 142 Å². The van der Waals surface area contributed by atoms with Crippen LogP contribution in [0.2, 0.25) is 0 Å². The molecule has 4 nitrogen and oxygen atoms in total. The molecule has 0 bridgehead atoms. The number of benzene rings is 1. The number of rotatable bonds is 3. The number of para-hydroxylation sites is 1. The molecule has 0 N–H and O–H groups in total. The molecule has 2 aromatic rings. The normalized spacial score (nSPS) is 16.4. The van der Waals surface area contributed by atoms with E-state index in [-0.39, 0.29) is 18.0 Å². The highest BCUT2D eigenvalue weighted by atomic mass is 16.6. The van der Waals surface area contributed by atoms with Gasteiger partial charge in [0.1, 0.15) is 12.4 Å². The average molecular weight is 325 g/mol. The summed E-state index contributed by atoms with van der Waals surface area (Å²) in [5, 5.41) is 0. The number of nitrogens with zero attached hydrogens (tertiary/aromatic N) is 1. The number of ether oxygens (including phenoxy) is 2. The Morgan fingerprint density at radius 1 is 1.33 bits per heavy atom. The van der Waals surface area contributed by atoms with Crippen molar-refractivity contribution < 1.29 is 14.3 Å². The molecule has 1 atom stereocenters. The summed E-state index contributed by atoms with van der Waals surface area (Å²) in [4.78, 5) is 16.6. The second-order valence-electron chi connectivity index (χ2n) is 7.31. The number of carbonyl (C=O) groups is 1. The number of esters is 1. The summed E-state index contributed by atoms with van der Waals surface area (Å²) in [6, 6.07) is 7.99. The van der Waals surface area contributed by atoms with E-state index in [0.717, 1.165) is 28.0 Å². The van der Waals surface area contributed by atoms with Gasteiger partial charge in [0.15, 0.2) is 6.10 Å². The van der Waals surface area contributed by atoms with Gasteiger partial charge in [-0.3, -0.25) is 4.98 Å². The van der Waals surface area contributed by atoms with Crippen LogP contribution in [-0.2, 0) is 28.0 Å². The zero-order valence-corrected chi connectivity index (χ0v) is 14.6. The minimum absolute atomic E-state index is 0.0146. The Morgan fingerprint density at radius 3 is 2.83 bits per heavy atom. The van der Waals surface area contributed by atoms with Crippen molar-refractivity contribution in [2.75, 3.05) is 0 Å². The number of pyridine rings is 1. The molecule has 4 heteroatoms. The third kappa shape index (κ3) is 3.42. The van der Waals surface area contributed by atoms with Crippen molar-refractivity contribution in [2.24, 2.45) is 0 Å². The number of hydrogen-bond acceptors (Lipinski definition) is 4. The van der Waals surface area contributed by atoms with Gasteiger partial charge < -0.3 is 9.47 Å². The zero-order chi connectivity index (χ0) is 17.3. The van der Waals surface area contributed by atoms with E-state index in [1.54, 1.807) is 6.20 Å². The third-order valence-corrected chi connectivity index (χ3v) is 4.26. The summed E-state index contributed by atoms with van der Waals surface area (Å²) in [5.41, 5.74) is 4.14. The Balaban J connectivity index is 1.62. The summed E-state index contributed by atoms with van der Waals surface area (Å²) in [7, 11) is 0. The first-order valence-corrected chi connectivity index (χ1v) is 8.21. The van der Waals surface area contributed by atoms with E-state index >= 15 is 0 Å². The first-order chi connectivity index (χ1) is 11.3. The standard InChI is InChI=1S/C20H23NO3/c1-13-6-5-7-15-9-17(24-18(13)15)19(22)23-12-14-8-16(11-21-10-14)20(2,3)4/h5-8,10-11,17H,9,12H2,1-4H3. The Hall–Kier alpha value is -2.36. The molecule has 2 heterocycles. The van der Waals surface area contributed by atoms with Crippen molar-refractivity contribution in [3.8, 4) is 5.75 Å². The topological polar surface area (TPSA) is 48.4 Å². The second-order valence-corrected chi connectivity index (χ2v) is 7.31. The number of fused-ring (bicyclic) bond motifs is 1. The molecule has 1 aromatic carbocycles. The van der Waals surface area contributed by atoms with E-state index in [9.17, 15) is 4.79 Å². The summed E-state index contributed by atoms with van der Waals surface area (Å²) in [5.74, 6) is 0.489. The van der Waals surface area contributed by atoms with Crippen molar-refractivity contribution in [1.29, 1.82) is 0 Å². The molecule has 0 saturated heterocycles. The lowest BCUT2D eigenvalue weighted by atomic mass is 9.88. The monoisotopic (exact) mass is 325 g/mol. The Kier molecular flexibility index (Phi) is 4.31. The van der Waals surface area contributed by atoms with E-state index in [0.29, 0.717) is 6.42 Å². The number of aryl methyl sites for hydroxylation is 1. The van der Waals surface area contributed by atoms with Crippen LogP contribution in [0.5, 0.6) is 5.75 Å². The predicted molar refractivity (Wildman–Crippen MR) is 92.0 cm³/mol. The van der Waals surface area contributed by atoms with Crippen LogP contribution in [0, 0.1) is 6.92 Å². The van der Waals surface area contributed by atoms with E-state index in [1.165, 1.54) is 0 Å². The van der Waals surface area contributed by atoms with E-state index in [4.69, 9.17) is 9.47 Å². The number of aromatic nitrogens is 1. The van der Waals surface area contributed by atoms with Crippen molar-refractivity contribution >= 4 is 5.97 Å². The fourth-order valence-electron chi connectivity index (χ4n) is 2.78. The molecule has 0 aliphatic carbocycles. The molecule has 24 heavy (non-hydrogen) atoms. The fourth-order valence-corrected chi connectivity index (χ4v) is 2.78. The lowest BCUT2D eigenvalue weighted by molar-refractivity contribution is -0.152. The number of carbonyl (C=O) groups excluding carboxylic acids is 1. The van der Waals surface area contributed by atoms with Crippen LogP contribution in [0.15, 0.2) is 36.7 Å². The third-order valence-electron chi connectivity index (χ3n) is 4.26. The Morgan fingerprint density at radius 2 is 2.12 bits per heavy atom. The molecule has 1 unspecified atom stereocenters. The molecular weight excluding hydrogens is 302 g/mol. The zero-order valence-electron chi connectivity index (χ0n) is 14.6. The first-order valence-electron chi connectivity index (χ1n) is 8.21. The second kappa shape index (κ2) is 6.27. The molecule has 0 amide bonds. The van der Waals surface area contributed by atoms with Gasteiger partial charge in [0.05, 0.1) is 0 Å². The molecular formula is C20H23NO3. The van der Waals surface area contributed by atoms with Gasteiger partial charge in [0.25, 0.3) is 0 Å². The highest BCUT2D eigenvalue weighted by Gasteiger charge is 2.31. The van der Waals surface area contributed by atoms with Crippen LogP contribution in [0.25, 0.3) is 0 Å². The van der Waals surface area contributed by atoms with Gasteiger partial charge >= 0.3 is 5.97 Å². The van der Waals surface area contributed by atoms with Gasteiger partial charge in [-0.15, -0.1) is 0 Å². The molecule has 0 spiro atoms. The van der Waals surface area contributed by atoms with Gasteiger partial charge in [-0.1, -0.05) is 39.0 Å². The van der Waals surface area contributed by atoms with Gasteiger partial charge in [0.2, 0.25) is 0 Å². The minimum atomic E-state index is -0.556. The van der Waals surface area contributed by atoms with Crippen molar-refractivity contribution in [2.45, 2.75) is 52.2 Å². The molecule has 1 aromatic heterocycles. The molecule has 126 valence electrons. The average Bonchev–Trinajstić information content (AvgIpc) is 2.98. The first kappa shape index (κ1) is 16.5. The van der Waals surface area contributed by atoms with E-state index in [1.807, 2.05) is 37.4 Å². The summed E-state index contributed by atoms with van der Waals surface area (Å²) >= 11 is 0. The van der Waals surface area contributed by atoms with Gasteiger partial charge in [-0.05, 0) is 35.1 Å². The highest BCUT2D eigenvalue weighted by Crippen LogP contribution is 2.32. The lowest BCUT2D eigenvalue weighted by Crippen LogP contribution is -2.27. The molecule has 0 fully saturated rings. The minimum Gasteiger partial charge on any atom is -0.478 e. The van der Waals surface area contributed by atoms with Gasteiger partial charge in [-0.25, -0.2) is 4.79 Å². The Bertz CT molecular complexity index is 762. The van der Waals surface area contributed by atoms with Crippen LogP contribution in [0.3, 0.4) is 0 Å². The van der Waals surface area contributed by atoms with Crippen molar-refractivity contribution in [1.82, 2.24) is 4.98 Å². The molecule has 1 aliphatic rings. The van der Waals surface area contributed by atoms with E-state index < -0.39 is 6.10 Å². The van der Waals surface area contributed by atoms with Crippen LogP contribution in [0.4, 0.5) is 0 Å².